The Bertz CT molecular complexity index is 434. The molecule has 1 aromatic rings. The van der Waals surface area contributed by atoms with Gasteiger partial charge in [0.1, 0.15) is 0 Å². The molecular formula is C16H24N2OS. The minimum Gasteiger partial charge on any atom is -0.376 e. The summed E-state index contributed by atoms with van der Waals surface area (Å²) in [5.74, 6) is 0. The van der Waals surface area contributed by atoms with Crippen molar-refractivity contribution < 1.29 is 4.74 Å². The van der Waals surface area contributed by atoms with Crippen LogP contribution < -0.4 is 10.6 Å². The van der Waals surface area contributed by atoms with Gasteiger partial charge < -0.3 is 15.4 Å². The quantitative estimate of drug-likeness (QED) is 0.816. The van der Waals surface area contributed by atoms with E-state index < -0.39 is 0 Å². The Kier molecular flexibility index (Phi) is 5.80. The first-order chi connectivity index (χ1) is 9.74. The van der Waals surface area contributed by atoms with Gasteiger partial charge in [0, 0.05) is 18.8 Å². The fourth-order valence-corrected chi connectivity index (χ4v) is 2.76. The molecule has 1 saturated heterocycles. The summed E-state index contributed by atoms with van der Waals surface area (Å²) in [7, 11) is 0. The summed E-state index contributed by atoms with van der Waals surface area (Å²) in [5.41, 5.74) is 3.79. The maximum Gasteiger partial charge on any atom is 0.170 e. The van der Waals surface area contributed by atoms with Crippen LogP contribution in [0, 0.1) is 0 Å². The highest BCUT2D eigenvalue weighted by Gasteiger charge is 2.15. The van der Waals surface area contributed by atoms with E-state index in [1.165, 1.54) is 16.8 Å². The summed E-state index contributed by atoms with van der Waals surface area (Å²) >= 11 is 5.41. The van der Waals surface area contributed by atoms with Crippen LogP contribution in [0.5, 0.6) is 0 Å². The molecule has 2 rings (SSSR count). The van der Waals surface area contributed by atoms with E-state index in [0.29, 0.717) is 11.2 Å². The predicted octanol–water partition coefficient (Wildman–Crippen LogP) is 3.28. The van der Waals surface area contributed by atoms with E-state index in [0.717, 1.165) is 38.8 Å². The van der Waals surface area contributed by atoms with Gasteiger partial charge in [0.25, 0.3) is 0 Å². The van der Waals surface area contributed by atoms with Crippen LogP contribution in [0.4, 0.5) is 5.69 Å². The Labute approximate surface area is 127 Å². The van der Waals surface area contributed by atoms with Gasteiger partial charge in [-0.25, -0.2) is 0 Å². The molecule has 0 aromatic heterocycles. The second-order valence-electron chi connectivity index (χ2n) is 5.13. The average Bonchev–Trinajstić information content (AvgIpc) is 2.98. The SMILES string of the molecule is CCc1cccc(CC)c1NC(=S)NCC1CCCO1. The third-order valence-electron chi connectivity index (χ3n) is 3.75. The number of hydrogen-bond acceptors (Lipinski definition) is 2. The molecule has 0 aliphatic carbocycles. The molecule has 1 heterocycles. The second kappa shape index (κ2) is 7.60. The van der Waals surface area contributed by atoms with Crippen molar-refractivity contribution in [2.24, 2.45) is 0 Å². The Morgan fingerprint density at radius 3 is 2.55 bits per heavy atom. The minimum atomic E-state index is 0.307. The first kappa shape index (κ1) is 15.3. The molecule has 1 aliphatic heterocycles. The van der Waals surface area contributed by atoms with E-state index in [2.05, 4.69) is 42.7 Å². The molecule has 1 unspecified atom stereocenters. The second-order valence-corrected chi connectivity index (χ2v) is 5.54. The first-order valence-corrected chi connectivity index (χ1v) is 7.92. The standard InChI is InChI=1S/C16H24N2OS/c1-3-12-7-5-8-13(4-2)15(12)18-16(20)17-11-14-9-6-10-19-14/h5,7-8,14H,3-4,6,9-11H2,1-2H3,(H2,17,18,20). The van der Waals surface area contributed by atoms with Gasteiger partial charge in [0.15, 0.2) is 5.11 Å². The molecule has 1 atom stereocenters. The van der Waals surface area contributed by atoms with E-state index in [9.17, 15) is 0 Å². The number of thiocarbonyl (C=S) groups is 1. The maximum absolute atomic E-state index is 5.59. The summed E-state index contributed by atoms with van der Waals surface area (Å²) < 4.78 is 5.59. The monoisotopic (exact) mass is 292 g/mol. The highest BCUT2D eigenvalue weighted by atomic mass is 32.1. The molecule has 0 radical (unpaired) electrons. The van der Waals surface area contributed by atoms with Gasteiger partial charge in [-0.05, 0) is 49.0 Å². The molecule has 0 spiro atoms. The van der Waals surface area contributed by atoms with E-state index in [4.69, 9.17) is 17.0 Å². The van der Waals surface area contributed by atoms with Gasteiger partial charge in [-0.1, -0.05) is 32.0 Å². The number of aryl methyl sites for hydroxylation is 2. The molecular weight excluding hydrogens is 268 g/mol. The van der Waals surface area contributed by atoms with Crippen LogP contribution in [0.2, 0.25) is 0 Å². The number of ether oxygens (including phenoxy) is 1. The van der Waals surface area contributed by atoms with Gasteiger partial charge in [0.05, 0.1) is 6.10 Å². The number of para-hydroxylation sites is 1. The van der Waals surface area contributed by atoms with Gasteiger partial charge in [-0.3, -0.25) is 0 Å². The van der Waals surface area contributed by atoms with Crippen LogP contribution in [0.3, 0.4) is 0 Å². The lowest BCUT2D eigenvalue weighted by molar-refractivity contribution is 0.114. The van der Waals surface area contributed by atoms with Crippen molar-refractivity contribution in [1.82, 2.24) is 5.32 Å². The van der Waals surface area contributed by atoms with Crippen LogP contribution in [0.1, 0.15) is 37.8 Å². The van der Waals surface area contributed by atoms with E-state index in [1.54, 1.807) is 0 Å². The molecule has 110 valence electrons. The number of anilines is 1. The van der Waals surface area contributed by atoms with E-state index >= 15 is 0 Å². The van der Waals surface area contributed by atoms with Crippen molar-refractivity contribution in [2.75, 3.05) is 18.5 Å². The summed E-state index contributed by atoms with van der Waals surface area (Å²) in [6, 6.07) is 6.43. The zero-order valence-corrected chi connectivity index (χ0v) is 13.2. The highest BCUT2D eigenvalue weighted by molar-refractivity contribution is 7.80. The fraction of sp³-hybridized carbons (Fsp3) is 0.562. The van der Waals surface area contributed by atoms with Crippen molar-refractivity contribution in [3.63, 3.8) is 0 Å². The first-order valence-electron chi connectivity index (χ1n) is 7.51. The van der Waals surface area contributed by atoms with Crippen molar-refractivity contribution in [3.8, 4) is 0 Å². The minimum absolute atomic E-state index is 0.307. The van der Waals surface area contributed by atoms with Crippen LogP contribution in [0.15, 0.2) is 18.2 Å². The van der Waals surface area contributed by atoms with Crippen molar-refractivity contribution in [2.45, 2.75) is 45.6 Å². The highest BCUT2D eigenvalue weighted by Crippen LogP contribution is 2.22. The van der Waals surface area contributed by atoms with E-state index in [-0.39, 0.29) is 0 Å². The van der Waals surface area contributed by atoms with Crippen molar-refractivity contribution in [3.05, 3.63) is 29.3 Å². The summed E-state index contributed by atoms with van der Waals surface area (Å²) in [6.45, 7) is 6.01. The molecule has 0 saturated carbocycles. The van der Waals surface area contributed by atoms with Crippen LogP contribution in [0.25, 0.3) is 0 Å². The van der Waals surface area contributed by atoms with Gasteiger partial charge in [0.2, 0.25) is 0 Å². The lowest BCUT2D eigenvalue weighted by Gasteiger charge is -2.18. The molecule has 0 amide bonds. The fourth-order valence-electron chi connectivity index (χ4n) is 2.57. The van der Waals surface area contributed by atoms with Crippen LogP contribution in [-0.2, 0) is 17.6 Å². The summed E-state index contributed by atoms with van der Waals surface area (Å²) in [5, 5.41) is 7.33. The Morgan fingerprint density at radius 2 is 2.00 bits per heavy atom. The van der Waals surface area contributed by atoms with E-state index in [1.807, 2.05) is 0 Å². The third-order valence-corrected chi connectivity index (χ3v) is 4.00. The molecule has 20 heavy (non-hydrogen) atoms. The normalized spacial score (nSPS) is 18.0. The molecule has 0 bridgehead atoms. The lowest BCUT2D eigenvalue weighted by atomic mass is 10.0. The number of rotatable bonds is 5. The average molecular weight is 292 g/mol. The van der Waals surface area contributed by atoms with Crippen molar-refractivity contribution >= 4 is 23.0 Å². The largest absolute Gasteiger partial charge is 0.376 e. The zero-order chi connectivity index (χ0) is 14.4. The molecule has 4 heteroatoms. The third kappa shape index (κ3) is 3.93. The molecule has 3 nitrogen and oxygen atoms in total. The Hall–Kier alpha value is -1.13. The summed E-state index contributed by atoms with van der Waals surface area (Å²) in [4.78, 5) is 0. The lowest BCUT2D eigenvalue weighted by Crippen LogP contribution is -2.35. The molecule has 1 aliphatic rings. The van der Waals surface area contributed by atoms with Gasteiger partial charge in [-0.2, -0.15) is 0 Å². The predicted molar refractivity (Wildman–Crippen MR) is 88.4 cm³/mol. The number of benzene rings is 1. The number of nitrogens with one attached hydrogen (secondary N) is 2. The van der Waals surface area contributed by atoms with Crippen molar-refractivity contribution in [1.29, 1.82) is 0 Å². The topological polar surface area (TPSA) is 33.3 Å². The Balaban J connectivity index is 1.95. The van der Waals surface area contributed by atoms with Crippen LogP contribution >= 0.6 is 12.2 Å². The maximum atomic E-state index is 5.59. The zero-order valence-electron chi connectivity index (χ0n) is 12.4. The molecule has 1 fully saturated rings. The Morgan fingerprint density at radius 1 is 1.30 bits per heavy atom. The molecule has 1 aromatic carbocycles. The smallest absolute Gasteiger partial charge is 0.170 e. The number of hydrogen-bond donors (Lipinski definition) is 2. The van der Waals surface area contributed by atoms with Gasteiger partial charge in [-0.15, -0.1) is 0 Å². The molecule has 2 N–H and O–H groups in total. The van der Waals surface area contributed by atoms with Gasteiger partial charge >= 0.3 is 0 Å². The summed E-state index contributed by atoms with van der Waals surface area (Å²) in [6.07, 6.45) is 4.60. The van der Waals surface area contributed by atoms with Crippen LogP contribution in [-0.4, -0.2) is 24.4 Å².